The number of carbonyl (C=O) groups is 2. The molecule has 0 unspecified atom stereocenters. The highest BCUT2D eigenvalue weighted by Gasteiger charge is 2.22. The average Bonchev–Trinajstić information content (AvgIpc) is 2.55. The highest BCUT2D eigenvalue weighted by Crippen LogP contribution is 2.10. The van der Waals surface area contributed by atoms with E-state index in [2.05, 4.69) is 5.32 Å². The van der Waals surface area contributed by atoms with Crippen molar-refractivity contribution in [3.63, 3.8) is 0 Å². The summed E-state index contributed by atoms with van der Waals surface area (Å²) >= 11 is 5.80. The van der Waals surface area contributed by atoms with Crippen molar-refractivity contribution in [2.24, 2.45) is 0 Å². The molecule has 0 aliphatic rings. The van der Waals surface area contributed by atoms with Crippen LogP contribution in [-0.2, 0) is 16.0 Å². The second-order valence-corrected chi connectivity index (χ2v) is 5.18. The number of methoxy groups -OCH3 is 1. The summed E-state index contributed by atoms with van der Waals surface area (Å²) in [6, 6.07) is 15.2. The Labute approximate surface area is 134 Å². The molecule has 0 fully saturated rings. The molecule has 0 spiro atoms. The predicted octanol–water partition coefficient (Wildman–Crippen LogP) is 2.85. The third kappa shape index (κ3) is 4.33. The Morgan fingerprint density at radius 3 is 2.32 bits per heavy atom. The van der Waals surface area contributed by atoms with Gasteiger partial charge < -0.3 is 10.1 Å². The number of nitrogens with one attached hydrogen (secondary N) is 1. The molecule has 0 radical (unpaired) electrons. The molecule has 2 aromatic carbocycles. The van der Waals surface area contributed by atoms with E-state index < -0.39 is 12.0 Å². The van der Waals surface area contributed by atoms with Gasteiger partial charge in [-0.05, 0) is 29.8 Å². The first-order chi connectivity index (χ1) is 10.6. The van der Waals surface area contributed by atoms with Crippen LogP contribution in [0.1, 0.15) is 15.9 Å². The zero-order chi connectivity index (χ0) is 15.9. The van der Waals surface area contributed by atoms with E-state index in [-0.39, 0.29) is 5.91 Å². The van der Waals surface area contributed by atoms with E-state index in [1.54, 1.807) is 24.3 Å². The van der Waals surface area contributed by atoms with E-state index in [4.69, 9.17) is 16.3 Å². The molecule has 5 heteroatoms. The SMILES string of the molecule is COC(=O)[C@H](Cc1ccccc1)NC(=O)c1ccc(Cl)cc1. The van der Waals surface area contributed by atoms with Crippen molar-refractivity contribution in [3.8, 4) is 0 Å². The largest absolute Gasteiger partial charge is 0.467 e. The number of esters is 1. The molecule has 0 aliphatic heterocycles. The van der Waals surface area contributed by atoms with Gasteiger partial charge in [-0.3, -0.25) is 4.79 Å². The Bertz CT molecular complexity index is 641. The summed E-state index contributed by atoms with van der Waals surface area (Å²) in [7, 11) is 1.30. The molecule has 0 aromatic heterocycles. The van der Waals surface area contributed by atoms with Gasteiger partial charge in [-0.25, -0.2) is 4.79 Å². The first-order valence-corrected chi connectivity index (χ1v) is 7.16. The van der Waals surface area contributed by atoms with Gasteiger partial charge in [0, 0.05) is 17.0 Å². The monoisotopic (exact) mass is 317 g/mol. The molecule has 114 valence electrons. The van der Waals surface area contributed by atoms with E-state index in [9.17, 15) is 9.59 Å². The minimum absolute atomic E-state index is 0.344. The Kier molecular flexibility index (Phi) is 5.55. The normalized spacial score (nSPS) is 11.5. The molecule has 0 bridgehead atoms. The lowest BCUT2D eigenvalue weighted by molar-refractivity contribution is -0.142. The van der Waals surface area contributed by atoms with Gasteiger partial charge in [0.05, 0.1) is 7.11 Å². The van der Waals surface area contributed by atoms with E-state index in [1.165, 1.54) is 7.11 Å². The highest BCUT2D eigenvalue weighted by atomic mass is 35.5. The van der Waals surface area contributed by atoms with Crippen LogP contribution in [0.4, 0.5) is 0 Å². The second kappa shape index (κ2) is 7.61. The fourth-order valence-electron chi connectivity index (χ4n) is 2.03. The van der Waals surface area contributed by atoms with Crippen molar-refractivity contribution in [1.82, 2.24) is 5.32 Å². The molecule has 2 rings (SSSR count). The fraction of sp³-hybridized carbons (Fsp3) is 0.176. The van der Waals surface area contributed by atoms with Crippen LogP contribution in [-0.4, -0.2) is 25.0 Å². The van der Waals surface area contributed by atoms with Crippen LogP contribution in [0.2, 0.25) is 5.02 Å². The summed E-state index contributed by atoms with van der Waals surface area (Å²) in [5.41, 5.74) is 1.38. The Morgan fingerprint density at radius 1 is 1.09 bits per heavy atom. The van der Waals surface area contributed by atoms with E-state index >= 15 is 0 Å². The maximum Gasteiger partial charge on any atom is 0.328 e. The predicted molar refractivity (Wildman–Crippen MR) is 84.9 cm³/mol. The van der Waals surface area contributed by atoms with Crippen LogP contribution in [0.25, 0.3) is 0 Å². The van der Waals surface area contributed by atoms with E-state index in [0.29, 0.717) is 17.0 Å². The van der Waals surface area contributed by atoms with Gasteiger partial charge in [0.2, 0.25) is 0 Å². The smallest absolute Gasteiger partial charge is 0.328 e. The summed E-state index contributed by atoms with van der Waals surface area (Å²) in [6.07, 6.45) is 0.368. The van der Waals surface area contributed by atoms with Gasteiger partial charge in [-0.15, -0.1) is 0 Å². The molecule has 1 atom stereocenters. The number of ether oxygens (including phenoxy) is 1. The van der Waals surface area contributed by atoms with Crippen molar-refractivity contribution in [1.29, 1.82) is 0 Å². The standard InChI is InChI=1S/C17H16ClNO3/c1-22-17(21)15(11-12-5-3-2-4-6-12)19-16(20)13-7-9-14(18)10-8-13/h2-10,15H,11H2,1H3,(H,19,20)/t15-/m0/s1. The van der Waals surface area contributed by atoms with Crippen molar-refractivity contribution < 1.29 is 14.3 Å². The minimum atomic E-state index is -0.740. The van der Waals surface area contributed by atoms with Crippen LogP contribution in [0, 0.1) is 0 Å². The number of benzene rings is 2. The summed E-state index contributed by atoms with van der Waals surface area (Å²) in [5.74, 6) is -0.825. The number of rotatable bonds is 5. The van der Waals surface area contributed by atoms with Crippen LogP contribution < -0.4 is 5.32 Å². The molecule has 2 aromatic rings. The van der Waals surface area contributed by atoms with Crippen molar-refractivity contribution in [3.05, 3.63) is 70.7 Å². The fourth-order valence-corrected chi connectivity index (χ4v) is 2.15. The lowest BCUT2D eigenvalue weighted by atomic mass is 10.1. The molecule has 0 saturated carbocycles. The summed E-state index contributed by atoms with van der Waals surface area (Å²) in [6.45, 7) is 0. The molecular formula is C17H16ClNO3. The third-order valence-electron chi connectivity index (χ3n) is 3.18. The van der Waals surface area contributed by atoms with Crippen LogP contribution in [0.5, 0.6) is 0 Å². The number of hydrogen-bond acceptors (Lipinski definition) is 3. The zero-order valence-corrected chi connectivity index (χ0v) is 12.8. The topological polar surface area (TPSA) is 55.4 Å². The van der Waals surface area contributed by atoms with Crippen molar-refractivity contribution in [2.75, 3.05) is 7.11 Å². The third-order valence-corrected chi connectivity index (χ3v) is 3.43. The number of carbonyl (C=O) groups excluding carboxylic acids is 2. The molecule has 4 nitrogen and oxygen atoms in total. The lowest BCUT2D eigenvalue weighted by Crippen LogP contribution is -2.43. The molecule has 1 amide bonds. The van der Waals surface area contributed by atoms with Crippen molar-refractivity contribution in [2.45, 2.75) is 12.5 Å². The molecule has 22 heavy (non-hydrogen) atoms. The molecule has 0 heterocycles. The summed E-state index contributed by atoms with van der Waals surface area (Å²) < 4.78 is 4.77. The summed E-state index contributed by atoms with van der Waals surface area (Å²) in [4.78, 5) is 24.1. The van der Waals surface area contributed by atoms with Crippen LogP contribution in [0.3, 0.4) is 0 Å². The maximum absolute atomic E-state index is 12.2. The first-order valence-electron chi connectivity index (χ1n) is 6.78. The van der Waals surface area contributed by atoms with Crippen LogP contribution in [0.15, 0.2) is 54.6 Å². The maximum atomic E-state index is 12.2. The first kappa shape index (κ1) is 16.0. The average molecular weight is 318 g/mol. The Balaban J connectivity index is 2.11. The summed E-state index contributed by atoms with van der Waals surface area (Å²) in [5, 5.41) is 3.24. The van der Waals surface area contributed by atoms with Gasteiger partial charge in [0.1, 0.15) is 6.04 Å². The second-order valence-electron chi connectivity index (χ2n) is 4.75. The molecular weight excluding hydrogens is 302 g/mol. The minimum Gasteiger partial charge on any atom is -0.467 e. The number of hydrogen-bond donors (Lipinski definition) is 1. The Hall–Kier alpha value is -2.33. The van der Waals surface area contributed by atoms with Crippen LogP contribution >= 0.6 is 11.6 Å². The highest BCUT2D eigenvalue weighted by molar-refractivity contribution is 6.30. The lowest BCUT2D eigenvalue weighted by Gasteiger charge is -2.16. The van der Waals surface area contributed by atoms with Gasteiger partial charge in [-0.1, -0.05) is 41.9 Å². The van der Waals surface area contributed by atoms with E-state index in [0.717, 1.165) is 5.56 Å². The van der Waals surface area contributed by atoms with E-state index in [1.807, 2.05) is 30.3 Å². The van der Waals surface area contributed by atoms with Gasteiger partial charge in [0.15, 0.2) is 0 Å². The number of halogens is 1. The van der Waals surface area contributed by atoms with Crippen molar-refractivity contribution >= 4 is 23.5 Å². The molecule has 1 N–H and O–H groups in total. The van der Waals surface area contributed by atoms with Gasteiger partial charge in [0.25, 0.3) is 5.91 Å². The Morgan fingerprint density at radius 2 is 1.73 bits per heavy atom. The van der Waals surface area contributed by atoms with Gasteiger partial charge >= 0.3 is 5.97 Å². The molecule has 0 aliphatic carbocycles. The van der Waals surface area contributed by atoms with Gasteiger partial charge in [-0.2, -0.15) is 0 Å². The number of amides is 1. The molecule has 0 saturated heterocycles. The zero-order valence-electron chi connectivity index (χ0n) is 12.1. The quantitative estimate of drug-likeness (QED) is 0.863.